The van der Waals surface area contributed by atoms with Crippen LogP contribution in [0.2, 0.25) is 5.02 Å². The summed E-state index contributed by atoms with van der Waals surface area (Å²) in [5, 5.41) is 3.83. The van der Waals surface area contributed by atoms with Crippen LogP contribution in [0.3, 0.4) is 0 Å². The molecule has 1 unspecified atom stereocenters. The van der Waals surface area contributed by atoms with Gasteiger partial charge >= 0.3 is 6.18 Å². The molecule has 1 aliphatic carbocycles. The van der Waals surface area contributed by atoms with Gasteiger partial charge in [-0.1, -0.05) is 23.7 Å². The van der Waals surface area contributed by atoms with Crippen molar-refractivity contribution < 1.29 is 17.9 Å². The van der Waals surface area contributed by atoms with Crippen molar-refractivity contribution in [3.63, 3.8) is 0 Å². The van der Waals surface area contributed by atoms with Crippen molar-refractivity contribution in [2.45, 2.75) is 37.6 Å². The van der Waals surface area contributed by atoms with E-state index in [-0.39, 0.29) is 6.61 Å². The van der Waals surface area contributed by atoms with Crippen LogP contribution in [0.1, 0.15) is 30.9 Å². The predicted octanol–water partition coefficient (Wildman–Crippen LogP) is 4.10. The quantitative estimate of drug-likeness (QED) is 0.819. The van der Waals surface area contributed by atoms with E-state index >= 15 is 0 Å². The highest BCUT2D eigenvalue weighted by molar-refractivity contribution is 6.30. The van der Waals surface area contributed by atoms with Gasteiger partial charge < -0.3 is 10.1 Å². The third-order valence-corrected chi connectivity index (χ3v) is 3.33. The Labute approximate surface area is 121 Å². The fraction of sp³-hybridized carbons (Fsp3) is 0.571. The van der Waals surface area contributed by atoms with Gasteiger partial charge in [0.2, 0.25) is 0 Å². The predicted molar refractivity (Wildman–Crippen MR) is 71.8 cm³/mol. The minimum absolute atomic E-state index is 0.340. The summed E-state index contributed by atoms with van der Waals surface area (Å²) >= 11 is 5.91. The van der Waals surface area contributed by atoms with Crippen molar-refractivity contribution >= 4 is 11.6 Å². The van der Waals surface area contributed by atoms with Crippen molar-refractivity contribution in [3.05, 3.63) is 34.9 Å². The molecule has 1 fully saturated rings. The molecule has 1 aromatic carbocycles. The van der Waals surface area contributed by atoms with Crippen LogP contribution < -0.4 is 5.32 Å². The lowest BCUT2D eigenvalue weighted by Crippen LogP contribution is -2.26. The molecule has 0 spiro atoms. The molecule has 1 N–H and O–H groups in total. The molecule has 1 aliphatic rings. The van der Waals surface area contributed by atoms with E-state index in [2.05, 4.69) is 5.32 Å². The largest absolute Gasteiger partial charge is 0.391 e. The molecule has 20 heavy (non-hydrogen) atoms. The molecule has 0 saturated heterocycles. The first-order chi connectivity index (χ1) is 9.44. The second-order valence-electron chi connectivity index (χ2n) is 4.96. The fourth-order valence-electron chi connectivity index (χ4n) is 1.86. The zero-order valence-electron chi connectivity index (χ0n) is 10.9. The molecule has 1 saturated carbocycles. The van der Waals surface area contributed by atoms with Crippen LogP contribution >= 0.6 is 11.6 Å². The van der Waals surface area contributed by atoms with E-state index in [1.165, 1.54) is 0 Å². The lowest BCUT2D eigenvalue weighted by atomic mass is 10.1. The third kappa shape index (κ3) is 5.69. The summed E-state index contributed by atoms with van der Waals surface area (Å²) in [5.41, 5.74) is 0.799. The van der Waals surface area contributed by atoms with Crippen LogP contribution in [-0.4, -0.2) is 25.4 Å². The van der Waals surface area contributed by atoms with E-state index in [4.69, 9.17) is 16.3 Å². The maximum Gasteiger partial charge on any atom is 0.391 e. The van der Waals surface area contributed by atoms with Gasteiger partial charge in [-0.2, -0.15) is 13.2 Å². The zero-order valence-corrected chi connectivity index (χ0v) is 11.7. The summed E-state index contributed by atoms with van der Waals surface area (Å²) in [6, 6.07) is 7.52. The summed E-state index contributed by atoms with van der Waals surface area (Å²) in [4.78, 5) is 0. The summed E-state index contributed by atoms with van der Waals surface area (Å²) in [6.07, 6.45) is -3.30. The monoisotopic (exact) mass is 307 g/mol. The highest BCUT2D eigenvalue weighted by Crippen LogP contribution is 2.25. The average Bonchev–Trinajstić information content (AvgIpc) is 3.16. The van der Waals surface area contributed by atoms with E-state index < -0.39 is 18.7 Å². The van der Waals surface area contributed by atoms with Gasteiger partial charge in [-0.25, -0.2) is 0 Å². The first kappa shape index (κ1) is 15.6. The molecular weight excluding hydrogens is 291 g/mol. The third-order valence-electron chi connectivity index (χ3n) is 3.09. The van der Waals surface area contributed by atoms with Crippen LogP contribution in [0.15, 0.2) is 24.3 Å². The maximum atomic E-state index is 12.2. The maximum absolute atomic E-state index is 12.2. The Hall–Kier alpha value is -0.780. The molecule has 6 heteroatoms. The normalized spacial score (nSPS) is 17.2. The Kier molecular flexibility index (Phi) is 5.29. The molecule has 0 heterocycles. The first-order valence-corrected chi connectivity index (χ1v) is 6.99. The standard InChI is InChI=1S/C14H17ClF3NO/c15-11-3-1-2-10(8-11)13(9-19-12-4-5-12)20-7-6-14(16,17)18/h1-3,8,12-13,19H,4-7,9H2. The minimum Gasteiger partial charge on any atom is -0.372 e. The second-order valence-corrected chi connectivity index (χ2v) is 5.40. The minimum atomic E-state index is -4.19. The lowest BCUT2D eigenvalue weighted by Gasteiger charge is -2.20. The molecule has 112 valence electrons. The Balaban J connectivity index is 1.92. The number of benzene rings is 1. The van der Waals surface area contributed by atoms with Gasteiger partial charge in [0.05, 0.1) is 19.1 Å². The molecule has 0 radical (unpaired) electrons. The van der Waals surface area contributed by atoms with Gasteiger partial charge in [-0.15, -0.1) is 0 Å². The smallest absolute Gasteiger partial charge is 0.372 e. The molecule has 1 atom stereocenters. The van der Waals surface area contributed by atoms with Crippen molar-refractivity contribution in [1.29, 1.82) is 0 Å². The summed E-state index contributed by atoms with van der Waals surface area (Å²) < 4.78 is 41.9. The van der Waals surface area contributed by atoms with E-state index in [1.54, 1.807) is 18.2 Å². The highest BCUT2D eigenvalue weighted by Gasteiger charge is 2.28. The fourth-order valence-corrected chi connectivity index (χ4v) is 2.06. The average molecular weight is 308 g/mol. The van der Waals surface area contributed by atoms with Gasteiger partial charge in [0.25, 0.3) is 0 Å². The van der Waals surface area contributed by atoms with Gasteiger partial charge in [0.1, 0.15) is 0 Å². The molecule has 1 aromatic rings. The molecule has 0 aliphatic heterocycles. The van der Waals surface area contributed by atoms with Crippen LogP contribution in [-0.2, 0) is 4.74 Å². The van der Waals surface area contributed by atoms with Crippen molar-refractivity contribution in [2.75, 3.05) is 13.2 Å². The first-order valence-electron chi connectivity index (χ1n) is 6.61. The molecule has 2 rings (SSSR count). The van der Waals surface area contributed by atoms with Crippen LogP contribution in [0.5, 0.6) is 0 Å². The number of alkyl halides is 3. The van der Waals surface area contributed by atoms with E-state index in [0.717, 1.165) is 18.4 Å². The van der Waals surface area contributed by atoms with Gasteiger partial charge in [0.15, 0.2) is 0 Å². The van der Waals surface area contributed by atoms with Crippen LogP contribution in [0.25, 0.3) is 0 Å². The van der Waals surface area contributed by atoms with Crippen LogP contribution in [0, 0.1) is 0 Å². The van der Waals surface area contributed by atoms with Gasteiger partial charge in [-0.05, 0) is 30.5 Å². The Morgan fingerprint density at radius 2 is 2.10 bits per heavy atom. The Morgan fingerprint density at radius 3 is 2.70 bits per heavy atom. The molecule has 0 bridgehead atoms. The van der Waals surface area contributed by atoms with E-state index in [1.807, 2.05) is 6.07 Å². The Bertz CT molecular complexity index is 435. The summed E-state index contributed by atoms with van der Waals surface area (Å²) in [5.74, 6) is 0. The van der Waals surface area contributed by atoms with Crippen molar-refractivity contribution in [3.8, 4) is 0 Å². The molecular formula is C14H17ClF3NO. The molecule has 2 nitrogen and oxygen atoms in total. The van der Waals surface area contributed by atoms with E-state index in [9.17, 15) is 13.2 Å². The number of hydrogen-bond acceptors (Lipinski definition) is 2. The number of rotatable bonds is 7. The summed E-state index contributed by atoms with van der Waals surface area (Å²) in [7, 11) is 0. The topological polar surface area (TPSA) is 21.3 Å². The lowest BCUT2D eigenvalue weighted by molar-refractivity contribution is -0.149. The second kappa shape index (κ2) is 6.78. The summed E-state index contributed by atoms with van der Waals surface area (Å²) in [6.45, 7) is 0.163. The number of hydrogen-bond donors (Lipinski definition) is 1. The number of halogens is 4. The van der Waals surface area contributed by atoms with E-state index in [0.29, 0.717) is 17.6 Å². The Morgan fingerprint density at radius 1 is 1.35 bits per heavy atom. The number of nitrogens with one attached hydrogen (secondary N) is 1. The highest BCUT2D eigenvalue weighted by atomic mass is 35.5. The van der Waals surface area contributed by atoms with Crippen LogP contribution in [0.4, 0.5) is 13.2 Å². The van der Waals surface area contributed by atoms with Crippen molar-refractivity contribution in [1.82, 2.24) is 5.32 Å². The molecule has 0 aromatic heterocycles. The molecule has 0 amide bonds. The SMILES string of the molecule is FC(F)(F)CCOC(CNC1CC1)c1cccc(Cl)c1. The van der Waals surface area contributed by atoms with Gasteiger partial charge in [-0.3, -0.25) is 0 Å². The number of ether oxygens (including phenoxy) is 1. The zero-order chi connectivity index (χ0) is 14.6. The van der Waals surface area contributed by atoms with Crippen molar-refractivity contribution in [2.24, 2.45) is 0 Å². The van der Waals surface area contributed by atoms with Gasteiger partial charge in [0, 0.05) is 17.6 Å².